The fourth-order valence-corrected chi connectivity index (χ4v) is 3.64. The van der Waals surface area contributed by atoms with Gasteiger partial charge in [0.05, 0.1) is 12.1 Å². The summed E-state index contributed by atoms with van der Waals surface area (Å²) in [5, 5.41) is 17.1. The van der Waals surface area contributed by atoms with Crippen molar-refractivity contribution in [2.75, 3.05) is 39.4 Å². The van der Waals surface area contributed by atoms with Crippen LogP contribution in [0.1, 0.15) is 43.7 Å². The first-order valence-electron chi connectivity index (χ1n) is 10.3. The van der Waals surface area contributed by atoms with Crippen molar-refractivity contribution >= 4 is 5.96 Å². The van der Waals surface area contributed by atoms with Crippen LogP contribution in [0.15, 0.2) is 29.3 Å². The Labute approximate surface area is 163 Å². The number of likely N-dealkylation sites (tertiary alicyclic amines) is 1. The second-order valence-corrected chi connectivity index (χ2v) is 7.69. The molecule has 0 atom stereocenters. The molecule has 27 heavy (non-hydrogen) atoms. The van der Waals surface area contributed by atoms with Crippen LogP contribution in [0.5, 0.6) is 0 Å². The second kappa shape index (κ2) is 10.1. The van der Waals surface area contributed by atoms with Crippen molar-refractivity contribution < 1.29 is 9.84 Å². The van der Waals surface area contributed by atoms with Crippen LogP contribution in [0.25, 0.3) is 0 Å². The van der Waals surface area contributed by atoms with Crippen LogP contribution in [-0.4, -0.2) is 61.0 Å². The topological polar surface area (TPSA) is 69.1 Å². The average molecular weight is 375 g/mol. The van der Waals surface area contributed by atoms with Crippen molar-refractivity contribution in [1.29, 1.82) is 0 Å². The van der Waals surface area contributed by atoms with E-state index in [1.165, 1.54) is 37.1 Å². The van der Waals surface area contributed by atoms with Crippen molar-refractivity contribution in [2.24, 2.45) is 4.99 Å². The largest absolute Gasteiger partial charge is 0.388 e. The van der Waals surface area contributed by atoms with Crippen molar-refractivity contribution in [1.82, 2.24) is 15.5 Å². The quantitative estimate of drug-likeness (QED) is 0.502. The maximum Gasteiger partial charge on any atom is 0.191 e. The molecule has 2 saturated heterocycles. The number of rotatable bonds is 7. The normalized spacial score (nSPS) is 20.6. The van der Waals surface area contributed by atoms with E-state index in [0.717, 1.165) is 19.0 Å². The number of guanidine groups is 1. The Hall–Kier alpha value is -1.63. The minimum absolute atomic E-state index is 0.497. The SMILES string of the molecule is CCNC(=NCc1ccc(CN2CCCC2)cc1)NCC1(O)CCOCC1. The van der Waals surface area contributed by atoms with Gasteiger partial charge in [-0.15, -0.1) is 0 Å². The summed E-state index contributed by atoms with van der Waals surface area (Å²) in [7, 11) is 0. The molecule has 2 aliphatic heterocycles. The number of hydrogen-bond acceptors (Lipinski definition) is 4. The Bertz CT molecular complexity index is 591. The van der Waals surface area contributed by atoms with Crippen LogP contribution in [0, 0.1) is 0 Å². The van der Waals surface area contributed by atoms with Gasteiger partial charge in [-0.1, -0.05) is 24.3 Å². The number of aliphatic hydroxyl groups is 1. The maximum atomic E-state index is 10.6. The van der Waals surface area contributed by atoms with Crippen LogP contribution < -0.4 is 10.6 Å². The molecular formula is C21H34N4O2. The van der Waals surface area contributed by atoms with Crippen molar-refractivity contribution in [3.8, 4) is 0 Å². The first kappa shape index (κ1) is 20.1. The molecule has 0 unspecified atom stereocenters. The van der Waals surface area contributed by atoms with Gasteiger partial charge in [0.15, 0.2) is 5.96 Å². The molecule has 3 rings (SSSR count). The molecule has 1 aromatic carbocycles. The molecule has 0 spiro atoms. The van der Waals surface area contributed by atoms with Gasteiger partial charge in [0.1, 0.15) is 0 Å². The third-order valence-electron chi connectivity index (χ3n) is 5.40. The molecule has 0 amide bonds. The lowest BCUT2D eigenvalue weighted by atomic mass is 9.94. The lowest BCUT2D eigenvalue weighted by Crippen LogP contribution is -2.49. The van der Waals surface area contributed by atoms with E-state index in [9.17, 15) is 5.11 Å². The smallest absolute Gasteiger partial charge is 0.191 e. The van der Waals surface area contributed by atoms with Gasteiger partial charge in [-0.2, -0.15) is 0 Å². The monoisotopic (exact) mass is 374 g/mol. The second-order valence-electron chi connectivity index (χ2n) is 7.69. The molecule has 2 aliphatic rings. The Morgan fingerprint density at radius 1 is 1.11 bits per heavy atom. The number of ether oxygens (including phenoxy) is 1. The summed E-state index contributed by atoms with van der Waals surface area (Å²) in [6, 6.07) is 8.78. The maximum absolute atomic E-state index is 10.6. The zero-order valence-corrected chi connectivity index (χ0v) is 16.5. The minimum Gasteiger partial charge on any atom is -0.388 e. The van der Waals surface area contributed by atoms with Crippen molar-refractivity contribution in [3.05, 3.63) is 35.4 Å². The predicted molar refractivity (Wildman–Crippen MR) is 109 cm³/mol. The number of nitrogens with zero attached hydrogens (tertiary/aromatic N) is 2. The van der Waals surface area contributed by atoms with E-state index in [4.69, 9.17) is 4.74 Å². The summed E-state index contributed by atoms with van der Waals surface area (Å²) in [5.74, 6) is 0.749. The molecule has 3 N–H and O–H groups in total. The summed E-state index contributed by atoms with van der Waals surface area (Å²) in [4.78, 5) is 7.19. The minimum atomic E-state index is -0.703. The summed E-state index contributed by atoms with van der Waals surface area (Å²) >= 11 is 0. The fourth-order valence-electron chi connectivity index (χ4n) is 3.64. The number of aliphatic imine (C=N–C) groups is 1. The van der Waals surface area contributed by atoms with E-state index in [-0.39, 0.29) is 0 Å². The van der Waals surface area contributed by atoms with Gasteiger partial charge in [0, 0.05) is 45.7 Å². The van der Waals surface area contributed by atoms with Gasteiger partial charge in [-0.05, 0) is 44.0 Å². The van der Waals surface area contributed by atoms with E-state index >= 15 is 0 Å². The van der Waals surface area contributed by atoms with Crippen LogP contribution in [0.3, 0.4) is 0 Å². The molecule has 0 aromatic heterocycles. The van der Waals surface area contributed by atoms with Crippen LogP contribution in [0.2, 0.25) is 0 Å². The lowest BCUT2D eigenvalue weighted by molar-refractivity contribution is -0.0594. The number of hydrogen-bond donors (Lipinski definition) is 3. The van der Waals surface area contributed by atoms with E-state index < -0.39 is 5.60 Å². The van der Waals surface area contributed by atoms with E-state index in [1.807, 2.05) is 6.92 Å². The van der Waals surface area contributed by atoms with Crippen LogP contribution >= 0.6 is 0 Å². The lowest BCUT2D eigenvalue weighted by Gasteiger charge is -2.32. The average Bonchev–Trinajstić information content (AvgIpc) is 3.19. The van der Waals surface area contributed by atoms with Crippen molar-refractivity contribution in [2.45, 2.75) is 51.3 Å². The molecule has 2 heterocycles. The highest BCUT2D eigenvalue weighted by Gasteiger charge is 2.29. The summed E-state index contributed by atoms with van der Waals surface area (Å²) < 4.78 is 5.34. The molecule has 0 aliphatic carbocycles. The zero-order chi connectivity index (χ0) is 19.0. The highest BCUT2D eigenvalue weighted by atomic mass is 16.5. The van der Waals surface area contributed by atoms with Gasteiger partial charge in [0.25, 0.3) is 0 Å². The van der Waals surface area contributed by atoms with Crippen molar-refractivity contribution in [3.63, 3.8) is 0 Å². The van der Waals surface area contributed by atoms with Crippen LogP contribution in [0.4, 0.5) is 0 Å². The molecule has 150 valence electrons. The summed E-state index contributed by atoms with van der Waals surface area (Å²) in [6.07, 6.45) is 3.99. The summed E-state index contributed by atoms with van der Waals surface area (Å²) in [5.41, 5.74) is 1.87. The fraction of sp³-hybridized carbons (Fsp3) is 0.667. The van der Waals surface area contributed by atoms with Crippen LogP contribution in [-0.2, 0) is 17.8 Å². The number of benzene rings is 1. The molecule has 0 saturated carbocycles. The van der Waals surface area contributed by atoms with Gasteiger partial charge < -0.3 is 20.5 Å². The molecule has 2 fully saturated rings. The molecule has 0 bridgehead atoms. The summed E-state index contributed by atoms with van der Waals surface area (Å²) in [6.45, 7) is 8.71. The molecule has 0 radical (unpaired) electrons. The van der Waals surface area contributed by atoms with E-state index in [2.05, 4.69) is 44.8 Å². The first-order chi connectivity index (χ1) is 13.2. The highest BCUT2D eigenvalue weighted by molar-refractivity contribution is 5.79. The first-order valence-corrected chi connectivity index (χ1v) is 10.3. The Balaban J connectivity index is 1.51. The third kappa shape index (κ3) is 6.48. The van der Waals surface area contributed by atoms with Gasteiger partial charge >= 0.3 is 0 Å². The van der Waals surface area contributed by atoms with E-state index in [0.29, 0.717) is 39.1 Å². The van der Waals surface area contributed by atoms with Gasteiger partial charge in [-0.25, -0.2) is 4.99 Å². The number of nitrogens with one attached hydrogen (secondary N) is 2. The van der Waals surface area contributed by atoms with E-state index in [1.54, 1.807) is 0 Å². The van der Waals surface area contributed by atoms with Gasteiger partial charge in [0.2, 0.25) is 0 Å². The Kier molecular flexibility index (Phi) is 7.50. The van der Waals surface area contributed by atoms with Gasteiger partial charge in [-0.3, -0.25) is 4.90 Å². The zero-order valence-electron chi connectivity index (χ0n) is 16.5. The molecular weight excluding hydrogens is 340 g/mol. The molecule has 1 aromatic rings. The predicted octanol–water partition coefficient (Wildman–Crippen LogP) is 1.88. The highest BCUT2D eigenvalue weighted by Crippen LogP contribution is 2.19. The Morgan fingerprint density at radius 2 is 1.78 bits per heavy atom. The molecule has 6 heteroatoms. The Morgan fingerprint density at radius 3 is 2.44 bits per heavy atom. The standard InChI is InChI=1S/C21H34N4O2/c1-2-22-20(24-17-21(26)9-13-27-14-10-21)23-15-18-5-7-19(8-6-18)16-25-11-3-4-12-25/h5-8,26H,2-4,9-17H2,1H3,(H2,22,23,24). The third-order valence-corrected chi connectivity index (χ3v) is 5.40. The molecule has 6 nitrogen and oxygen atoms in total.